The van der Waals surface area contributed by atoms with Crippen LogP contribution in [0.1, 0.15) is 31.9 Å². The molecule has 0 aromatic heterocycles. The summed E-state index contributed by atoms with van der Waals surface area (Å²) in [6.07, 6.45) is 0. The second-order valence-corrected chi connectivity index (χ2v) is 6.51. The topological polar surface area (TPSA) is 15.3 Å². The zero-order valence-corrected chi connectivity index (χ0v) is 12.4. The maximum absolute atomic E-state index is 3.58. The van der Waals surface area contributed by atoms with Gasteiger partial charge in [-0.05, 0) is 37.3 Å². The molecule has 1 aliphatic rings. The normalized spacial score (nSPS) is 23.8. The Bertz CT molecular complexity index is 403. The van der Waals surface area contributed by atoms with Crippen LogP contribution in [0, 0.1) is 19.3 Å². The van der Waals surface area contributed by atoms with Crippen molar-refractivity contribution in [2.24, 2.45) is 5.41 Å². The lowest BCUT2D eigenvalue weighted by Crippen LogP contribution is -2.40. The van der Waals surface area contributed by atoms with Crippen molar-refractivity contribution >= 4 is 5.69 Å². The summed E-state index contributed by atoms with van der Waals surface area (Å²) in [6, 6.07) is 7.15. The van der Waals surface area contributed by atoms with Crippen LogP contribution in [0.25, 0.3) is 0 Å². The predicted octanol–water partition coefficient (Wildman–Crippen LogP) is 3.13. The van der Waals surface area contributed by atoms with Crippen LogP contribution in [-0.4, -0.2) is 25.7 Å². The van der Waals surface area contributed by atoms with Gasteiger partial charge in [0.1, 0.15) is 0 Å². The highest BCUT2D eigenvalue weighted by Gasteiger charge is 2.29. The fourth-order valence-corrected chi connectivity index (χ4v) is 2.96. The largest absolute Gasteiger partial charge is 0.367 e. The van der Waals surface area contributed by atoms with E-state index in [1.54, 1.807) is 0 Å². The molecule has 1 aromatic carbocycles. The third kappa shape index (κ3) is 2.69. The molecule has 2 nitrogen and oxygen atoms in total. The standard InChI is InChI=1S/C16H26N2/c1-12-7-6-8-13(2)15(12)18-11-16(4,5)10-17-9-14(18)3/h6-8,14,17H,9-11H2,1-5H3. The summed E-state index contributed by atoms with van der Waals surface area (Å²) in [5, 5.41) is 3.58. The van der Waals surface area contributed by atoms with Crippen molar-refractivity contribution in [2.75, 3.05) is 24.5 Å². The van der Waals surface area contributed by atoms with E-state index >= 15 is 0 Å². The molecule has 1 N–H and O–H groups in total. The van der Waals surface area contributed by atoms with E-state index in [9.17, 15) is 0 Å². The maximum Gasteiger partial charge on any atom is 0.0428 e. The number of rotatable bonds is 1. The van der Waals surface area contributed by atoms with Gasteiger partial charge in [0.15, 0.2) is 0 Å². The Morgan fingerprint density at radius 1 is 1.22 bits per heavy atom. The number of nitrogens with zero attached hydrogens (tertiary/aromatic N) is 1. The molecule has 0 radical (unpaired) electrons. The third-order valence-electron chi connectivity index (χ3n) is 3.90. The van der Waals surface area contributed by atoms with Crippen LogP contribution in [0.4, 0.5) is 5.69 Å². The van der Waals surface area contributed by atoms with Crippen LogP contribution in [0.15, 0.2) is 18.2 Å². The highest BCUT2D eigenvalue weighted by molar-refractivity contribution is 5.59. The van der Waals surface area contributed by atoms with Gasteiger partial charge in [-0.3, -0.25) is 0 Å². The van der Waals surface area contributed by atoms with Gasteiger partial charge < -0.3 is 10.2 Å². The SMILES string of the molecule is Cc1cccc(C)c1N1CC(C)(C)CNCC1C. The average Bonchev–Trinajstić information content (AvgIpc) is 2.38. The lowest BCUT2D eigenvalue weighted by Gasteiger charge is -2.36. The van der Waals surface area contributed by atoms with E-state index in [0.717, 1.165) is 19.6 Å². The average molecular weight is 246 g/mol. The number of hydrogen-bond donors (Lipinski definition) is 1. The summed E-state index contributed by atoms with van der Waals surface area (Å²) < 4.78 is 0. The Kier molecular flexibility index (Phi) is 3.67. The monoisotopic (exact) mass is 246 g/mol. The summed E-state index contributed by atoms with van der Waals surface area (Å²) in [5.74, 6) is 0. The van der Waals surface area contributed by atoms with Gasteiger partial charge in [-0.2, -0.15) is 0 Å². The molecule has 100 valence electrons. The summed E-state index contributed by atoms with van der Waals surface area (Å²) >= 11 is 0. The second-order valence-electron chi connectivity index (χ2n) is 6.51. The lowest BCUT2D eigenvalue weighted by molar-refractivity contribution is 0.369. The molecular formula is C16H26N2. The van der Waals surface area contributed by atoms with Gasteiger partial charge in [0.2, 0.25) is 0 Å². The van der Waals surface area contributed by atoms with Crippen LogP contribution in [0.3, 0.4) is 0 Å². The van der Waals surface area contributed by atoms with Gasteiger partial charge >= 0.3 is 0 Å². The van der Waals surface area contributed by atoms with E-state index in [2.05, 4.69) is 63.0 Å². The van der Waals surface area contributed by atoms with E-state index < -0.39 is 0 Å². The Labute approximate surface area is 111 Å². The molecule has 1 unspecified atom stereocenters. The van der Waals surface area contributed by atoms with Gasteiger partial charge in [0.25, 0.3) is 0 Å². The van der Waals surface area contributed by atoms with Crippen LogP contribution >= 0.6 is 0 Å². The first-order valence-corrected chi connectivity index (χ1v) is 6.94. The molecular weight excluding hydrogens is 220 g/mol. The van der Waals surface area contributed by atoms with Crippen molar-refractivity contribution in [3.63, 3.8) is 0 Å². The molecule has 1 fully saturated rings. The quantitative estimate of drug-likeness (QED) is 0.819. The molecule has 0 saturated carbocycles. The van der Waals surface area contributed by atoms with Gasteiger partial charge in [-0.1, -0.05) is 32.0 Å². The van der Waals surface area contributed by atoms with Crippen LogP contribution in [-0.2, 0) is 0 Å². The number of para-hydroxylation sites is 1. The number of nitrogens with one attached hydrogen (secondary N) is 1. The Hall–Kier alpha value is -1.02. The molecule has 1 heterocycles. The summed E-state index contributed by atoms with van der Waals surface area (Å²) in [6.45, 7) is 14.7. The van der Waals surface area contributed by atoms with Crippen LogP contribution in [0.5, 0.6) is 0 Å². The molecule has 1 aliphatic heterocycles. The first-order valence-electron chi connectivity index (χ1n) is 6.94. The highest BCUT2D eigenvalue weighted by atomic mass is 15.2. The predicted molar refractivity (Wildman–Crippen MR) is 79.4 cm³/mol. The summed E-state index contributed by atoms with van der Waals surface area (Å²) in [7, 11) is 0. The lowest BCUT2D eigenvalue weighted by atomic mass is 9.92. The zero-order chi connectivity index (χ0) is 13.3. The Balaban J connectivity index is 2.40. The Morgan fingerprint density at radius 2 is 1.83 bits per heavy atom. The molecule has 2 heteroatoms. The van der Waals surface area contributed by atoms with E-state index in [1.807, 2.05) is 0 Å². The summed E-state index contributed by atoms with van der Waals surface area (Å²) in [4.78, 5) is 2.59. The van der Waals surface area contributed by atoms with Gasteiger partial charge in [-0.15, -0.1) is 0 Å². The zero-order valence-electron chi connectivity index (χ0n) is 12.4. The highest BCUT2D eigenvalue weighted by Crippen LogP contribution is 2.31. The maximum atomic E-state index is 3.58. The van der Waals surface area contributed by atoms with Crippen molar-refractivity contribution in [1.82, 2.24) is 5.32 Å². The smallest absolute Gasteiger partial charge is 0.0428 e. The van der Waals surface area contributed by atoms with Crippen molar-refractivity contribution in [3.8, 4) is 0 Å². The van der Waals surface area contributed by atoms with E-state index in [1.165, 1.54) is 16.8 Å². The molecule has 1 saturated heterocycles. The van der Waals surface area contributed by atoms with Crippen LogP contribution in [0.2, 0.25) is 0 Å². The first-order chi connectivity index (χ1) is 8.41. The number of aryl methyl sites for hydroxylation is 2. The van der Waals surface area contributed by atoms with Crippen LogP contribution < -0.4 is 10.2 Å². The minimum atomic E-state index is 0.319. The molecule has 2 rings (SSSR count). The van der Waals surface area contributed by atoms with Crippen molar-refractivity contribution < 1.29 is 0 Å². The van der Waals surface area contributed by atoms with Crippen molar-refractivity contribution in [3.05, 3.63) is 29.3 Å². The summed E-state index contributed by atoms with van der Waals surface area (Å²) in [5.41, 5.74) is 4.53. The van der Waals surface area contributed by atoms with Crippen molar-refractivity contribution in [1.29, 1.82) is 0 Å². The molecule has 18 heavy (non-hydrogen) atoms. The molecule has 0 bridgehead atoms. The molecule has 0 amide bonds. The fourth-order valence-electron chi connectivity index (χ4n) is 2.96. The first kappa shape index (κ1) is 13.4. The van der Waals surface area contributed by atoms with Crippen molar-refractivity contribution in [2.45, 2.75) is 40.7 Å². The minimum Gasteiger partial charge on any atom is -0.367 e. The van der Waals surface area contributed by atoms with Gasteiger partial charge in [0, 0.05) is 31.4 Å². The number of anilines is 1. The minimum absolute atomic E-state index is 0.319. The second kappa shape index (κ2) is 4.93. The third-order valence-corrected chi connectivity index (χ3v) is 3.90. The Morgan fingerprint density at radius 3 is 2.44 bits per heavy atom. The fraction of sp³-hybridized carbons (Fsp3) is 0.625. The number of hydrogen-bond acceptors (Lipinski definition) is 2. The van der Waals surface area contributed by atoms with E-state index in [4.69, 9.17) is 0 Å². The van der Waals surface area contributed by atoms with Gasteiger partial charge in [0.05, 0.1) is 0 Å². The molecule has 1 atom stereocenters. The van der Waals surface area contributed by atoms with Gasteiger partial charge in [-0.25, -0.2) is 0 Å². The number of benzene rings is 1. The molecule has 0 spiro atoms. The van der Waals surface area contributed by atoms with E-state index in [0.29, 0.717) is 11.5 Å². The molecule has 1 aromatic rings. The van der Waals surface area contributed by atoms with E-state index in [-0.39, 0.29) is 0 Å². The molecule has 0 aliphatic carbocycles.